The first-order chi connectivity index (χ1) is 8.29. The second-order valence-electron chi connectivity index (χ2n) is 4.39. The molecule has 1 aromatic rings. The third-order valence-electron chi connectivity index (χ3n) is 2.87. The van der Waals surface area contributed by atoms with Crippen LogP contribution in [0.4, 0.5) is 0 Å². The molecule has 1 aliphatic carbocycles. The SMILES string of the molecule is COCCOc1ccc(CNC2CC2)c(C)n1. The molecule has 94 valence electrons. The quantitative estimate of drug-likeness (QED) is 0.731. The number of aryl methyl sites for hydroxylation is 1. The summed E-state index contributed by atoms with van der Waals surface area (Å²) in [6.45, 7) is 4.06. The molecule has 1 saturated carbocycles. The molecular formula is C13H20N2O2. The molecule has 0 radical (unpaired) electrons. The summed E-state index contributed by atoms with van der Waals surface area (Å²) in [6, 6.07) is 4.74. The van der Waals surface area contributed by atoms with E-state index in [2.05, 4.69) is 16.4 Å². The van der Waals surface area contributed by atoms with Crippen molar-refractivity contribution in [3.05, 3.63) is 23.4 Å². The van der Waals surface area contributed by atoms with Gasteiger partial charge in [0.2, 0.25) is 5.88 Å². The molecule has 0 aromatic carbocycles. The van der Waals surface area contributed by atoms with Gasteiger partial charge in [0, 0.05) is 31.5 Å². The van der Waals surface area contributed by atoms with Crippen LogP contribution in [0.5, 0.6) is 5.88 Å². The van der Waals surface area contributed by atoms with Crippen LogP contribution in [0, 0.1) is 6.92 Å². The van der Waals surface area contributed by atoms with Gasteiger partial charge in [0.25, 0.3) is 0 Å². The number of nitrogens with one attached hydrogen (secondary N) is 1. The van der Waals surface area contributed by atoms with E-state index in [1.807, 2.05) is 13.0 Å². The van der Waals surface area contributed by atoms with Crippen molar-refractivity contribution in [3.8, 4) is 5.88 Å². The fraction of sp³-hybridized carbons (Fsp3) is 0.615. The number of hydrogen-bond acceptors (Lipinski definition) is 4. The molecule has 0 unspecified atom stereocenters. The Labute approximate surface area is 102 Å². The van der Waals surface area contributed by atoms with Crippen LogP contribution in [0.25, 0.3) is 0 Å². The summed E-state index contributed by atoms with van der Waals surface area (Å²) in [4.78, 5) is 4.43. The van der Waals surface area contributed by atoms with Gasteiger partial charge in [-0.2, -0.15) is 0 Å². The molecule has 17 heavy (non-hydrogen) atoms. The summed E-state index contributed by atoms with van der Waals surface area (Å²) in [6.07, 6.45) is 2.62. The van der Waals surface area contributed by atoms with Gasteiger partial charge in [-0.3, -0.25) is 0 Å². The summed E-state index contributed by atoms with van der Waals surface area (Å²) in [5, 5.41) is 3.48. The maximum Gasteiger partial charge on any atom is 0.213 e. The van der Waals surface area contributed by atoms with Gasteiger partial charge in [0.05, 0.1) is 6.61 Å². The van der Waals surface area contributed by atoms with Crippen molar-refractivity contribution in [1.82, 2.24) is 10.3 Å². The highest BCUT2D eigenvalue weighted by Gasteiger charge is 2.20. The first-order valence-corrected chi connectivity index (χ1v) is 6.11. The number of pyridine rings is 1. The molecule has 0 saturated heterocycles. The van der Waals surface area contributed by atoms with E-state index >= 15 is 0 Å². The average molecular weight is 236 g/mol. The Bertz CT molecular complexity index is 364. The second-order valence-corrected chi connectivity index (χ2v) is 4.39. The summed E-state index contributed by atoms with van der Waals surface area (Å²) < 4.78 is 10.4. The minimum absolute atomic E-state index is 0.544. The second kappa shape index (κ2) is 5.98. The molecule has 0 bridgehead atoms. The predicted octanol–water partition coefficient (Wildman–Crippen LogP) is 1.67. The van der Waals surface area contributed by atoms with Crippen LogP contribution < -0.4 is 10.1 Å². The van der Waals surface area contributed by atoms with E-state index in [1.54, 1.807) is 7.11 Å². The third kappa shape index (κ3) is 3.98. The van der Waals surface area contributed by atoms with E-state index in [9.17, 15) is 0 Å². The van der Waals surface area contributed by atoms with Crippen molar-refractivity contribution in [2.75, 3.05) is 20.3 Å². The molecule has 1 aromatic heterocycles. The van der Waals surface area contributed by atoms with Gasteiger partial charge in [-0.05, 0) is 25.3 Å². The van der Waals surface area contributed by atoms with Crippen LogP contribution in [-0.4, -0.2) is 31.3 Å². The fourth-order valence-electron chi connectivity index (χ4n) is 1.61. The molecule has 1 N–H and O–H groups in total. The Balaban J connectivity index is 1.85. The highest BCUT2D eigenvalue weighted by atomic mass is 16.5. The van der Waals surface area contributed by atoms with Crippen LogP contribution in [-0.2, 0) is 11.3 Å². The van der Waals surface area contributed by atoms with E-state index in [0.717, 1.165) is 18.3 Å². The zero-order valence-corrected chi connectivity index (χ0v) is 10.5. The molecule has 0 amide bonds. The number of ether oxygens (including phenoxy) is 2. The van der Waals surface area contributed by atoms with Gasteiger partial charge >= 0.3 is 0 Å². The monoisotopic (exact) mass is 236 g/mol. The fourth-order valence-corrected chi connectivity index (χ4v) is 1.61. The minimum atomic E-state index is 0.544. The van der Waals surface area contributed by atoms with Crippen molar-refractivity contribution < 1.29 is 9.47 Å². The maximum absolute atomic E-state index is 5.46. The van der Waals surface area contributed by atoms with Crippen LogP contribution in [0.3, 0.4) is 0 Å². The van der Waals surface area contributed by atoms with Crippen molar-refractivity contribution in [2.45, 2.75) is 32.4 Å². The van der Waals surface area contributed by atoms with Crippen LogP contribution in [0.15, 0.2) is 12.1 Å². The minimum Gasteiger partial charge on any atom is -0.475 e. The van der Waals surface area contributed by atoms with Gasteiger partial charge in [-0.15, -0.1) is 0 Å². The van der Waals surface area contributed by atoms with Gasteiger partial charge in [-0.1, -0.05) is 6.07 Å². The standard InChI is InChI=1S/C13H20N2O2/c1-10-11(9-14-12-4-5-12)3-6-13(15-10)17-8-7-16-2/h3,6,12,14H,4-5,7-9H2,1-2H3. The molecule has 1 aliphatic rings. The lowest BCUT2D eigenvalue weighted by Crippen LogP contribution is -2.16. The van der Waals surface area contributed by atoms with E-state index in [4.69, 9.17) is 9.47 Å². The zero-order valence-electron chi connectivity index (χ0n) is 10.5. The first kappa shape index (κ1) is 12.3. The molecule has 2 rings (SSSR count). The Hall–Kier alpha value is -1.13. The molecule has 1 heterocycles. The largest absolute Gasteiger partial charge is 0.475 e. The Morgan fingerprint density at radius 3 is 2.82 bits per heavy atom. The van der Waals surface area contributed by atoms with Crippen molar-refractivity contribution in [3.63, 3.8) is 0 Å². The van der Waals surface area contributed by atoms with E-state index in [-0.39, 0.29) is 0 Å². The molecule has 4 heteroatoms. The van der Waals surface area contributed by atoms with E-state index < -0.39 is 0 Å². The van der Waals surface area contributed by atoms with Crippen molar-refractivity contribution >= 4 is 0 Å². The number of aromatic nitrogens is 1. The Morgan fingerprint density at radius 1 is 1.35 bits per heavy atom. The van der Waals surface area contributed by atoms with Gasteiger partial charge in [0.15, 0.2) is 0 Å². The lowest BCUT2D eigenvalue weighted by molar-refractivity contribution is 0.143. The number of rotatable bonds is 7. The average Bonchev–Trinajstić information content (AvgIpc) is 3.12. The first-order valence-electron chi connectivity index (χ1n) is 6.11. The smallest absolute Gasteiger partial charge is 0.213 e. The van der Waals surface area contributed by atoms with Gasteiger partial charge in [-0.25, -0.2) is 4.98 Å². The van der Waals surface area contributed by atoms with Crippen molar-refractivity contribution in [1.29, 1.82) is 0 Å². The lowest BCUT2D eigenvalue weighted by atomic mass is 10.2. The highest BCUT2D eigenvalue weighted by molar-refractivity contribution is 5.25. The van der Waals surface area contributed by atoms with Crippen LogP contribution >= 0.6 is 0 Å². The number of methoxy groups -OCH3 is 1. The Kier molecular flexibility index (Phi) is 4.34. The summed E-state index contributed by atoms with van der Waals surface area (Å²) in [5.74, 6) is 0.676. The lowest BCUT2D eigenvalue weighted by Gasteiger charge is -2.09. The molecule has 1 fully saturated rings. The van der Waals surface area contributed by atoms with Crippen molar-refractivity contribution in [2.24, 2.45) is 0 Å². The summed E-state index contributed by atoms with van der Waals surface area (Å²) in [5.41, 5.74) is 2.28. The molecular weight excluding hydrogens is 216 g/mol. The van der Waals surface area contributed by atoms with Gasteiger partial charge < -0.3 is 14.8 Å². The number of nitrogens with zero attached hydrogens (tertiary/aromatic N) is 1. The zero-order chi connectivity index (χ0) is 12.1. The molecule has 4 nitrogen and oxygen atoms in total. The molecule has 0 spiro atoms. The van der Waals surface area contributed by atoms with Crippen LogP contribution in [0.1, 0.15) is 24.1 Å². The van der Waals surface area contributed by atoms with E-state index in [0.29, 0.717) is 19.1 Å². The molecule has 0 aliphatic heterocycles. The third-order valence-corrected chi connectivity index (χ3v) is 2.87. The van der Waals surface area contributed by atoms with Crippen LogP contribution in [0.2, 0.25) is 0 Å². The Morgan fingerprint density at radius 2 is 2.18 bits per heavy atom. The topological polar surface area (TPSA) is 43.4 Å². The normalized spacial score (nSPS) is 14.9. The highest BCUT2D eigenvalue weighted by Crippen LogP contribution is 2.20. The summed E-state index contributed by atoms with van der Waals surface area (Å²) in [7, 11) is 1.66. The summed E-state index contributed by atoms with van der Waals surface area (Å²) >= 11 is 0. The van der Waals surface area contributed by atoms with E-state index in [1.165, 1.54) is 18.4 Å². The predicted molar refractivity (Wildman–Crippen MR) is 66.2 cm³/mol. The van der Waals surface area contributed by atoms with Gasteiger partial charge in [0.1, 0.15) is 6.61 Å². The maximum atomic E-state index is 5.46. The number of hydrogen-bond donors (Lipinski definition) is 1. The molecule has 0 atom stereocenters.